The fourth-order valence-corrected chi connectivity index (χ4v) is 4.63. The maximum absolute atomic E-state index is 13.8. The molecule has 0 aliphatic carbocycles. The third-order valence-electron chi connectivity index (χ3n) is 3.90. The van der Waals surface area contributed by atoms with E-state index < -0.39 is 16.0 Å². The van der Waals surface area contributed by atoms with Crippen molar-refractivity contribution in [3.05, 3.63) is 60.2 Å². The Balaban J connectivity index is 0.00000208. The number of fused-ring (bicyclic) bond motifs is 1. The lowest BCUT2D eigenvalue weighted by Crippen LogP contribution is -3.00. The van der Waals surface area contributed by atoms with Crippen molar-refractivity contribution in [1.82, 2.24) is 0 Å². The minimum atomic E-state index is -4.27. The minimum Gasteiger partial charge on any atom is -1.00 e. The molecule has 24 heavy (non-hydrogen) atoms. The topological polar surface area (TPSA) is 0 Å². The normalized spacial score (nSPS) is 13.0. The molecule has 0 aliphatic rings. The van der Waals surface area contributed by atoms with Gasteiger partial charge in [-0.3, -0.25) is 0 Å². The number of hydrogen-bond acceptors (Lipinski definition) is 0. The van der Waals surface area contributed by atoms with Gasteiger partial charge in [-0.1, -0.05) is 45.0 Å². The standard InChI is InChI=1S/C19H18F3S.BrH/c1-18(2,3)15-10-9-14-11-16(13-7-5-4-6-8-13)23(17(14)12-15)19(20,21)22;/h4-12H,1-3H3;1H/q+1;/p-1. The van der Waals surface area contributed by atoms with Crippen molar-refractivity contribution in [3.63, 3.8) is 0 Å². The Morgan fingerprint density at radius 1 is 0.833 bits per heavy atom. The highest BCUT2D eigenvalue weighted by atomic mass is 79.9. The molecule has 0 aliphatic heterocycles. The summed E-state index contributed by atoms with van der Waals surface area (Å²) in [5, 5.41) is 0.678. The van der Waals surface area contributed by atoms with Crippen LogP contribution in [-0.2, 0) is 10.9 Å². The molecule has 3 rings (SSSR count). The summed E-state index contributed by atoms with van der Waals surface area (Å²) in [7, 11) is -1.89. The summed E-state index contributed by atoms with van der Waals surface area (Å²) in [6.45, 7) is 6.04. The SMILES string of the molecule is CC(C)(C)c1ccc2cc(-c3ccccc3)[s+](C(F)(F)F)c2c1.[Br-]. The van der Waals surface area contributed by atoms with Crippen molar-refractivity contribution < 1.29 is 30.2 Å². The Bertz CT molecular complexity index is 843. The smallest absolute Gasteiger partial charge is 0.601 e. The number of alkyl halides is 3. The number of hydrogen-bond donors (Lipinski definition) is 0. The van der Waals surface area contributed by atoms with Crippen molar-refractivity contribution in [2.75, 3.05) is 0 Å². The van der Waals surface area contributed by atoms with Gasteiger partial charge in [0.2, 0.25) is 0 Å². The summed E-state index contributed by atoms with van der Waals surface area (Å²) in [5.41, 5.74) is -2.88. The summed E-state index contributed by atoms with van der Waals surface area (Å²) < 4.78 is 41.7. The Labute approximate surface area is 153 Å². The fraction of sp³-hybridized carbons (Fsp3) is 0.263. The van der Waals surface area contributed by atoms with E-state index in [9.17, 15) is 13.2 Å². The highest BCUT2D eigenvalue weighted by molar-refractivity contribution is 7.41. The van der Waals surface area contributed by atoms with Crippen molar-refractivity contribution in [3.8, 4) is 10.4 Å². The zero-order chi connectivity index (χ0) is 16.8. The zero-order valence-electron chi connectivity index (χ0n) is 13.6. The van der Waals surface area contributed by atoms with Gasteiger partial charge in [0.25, 0.3) is 0 Å². The van der Waals surface area contributed by atoms with Crippen LogP contribution in [0.5, 0.6) is 0 Å². The Kier molecular flexibility index (Phi) is 5.17. The molecule has 0 bridgehead atoms. The lowest BCUT2D eigenvalue weighted by molar-refractivity contribution is -0.0864. The molecule has 0 nitrogen and oxygen atoms in total. The predicted octanol–water partition coefficient (Wildman–Crippen LogP) is 4.03. The van der Waals surface area contributed by atoms with Crippen molar-refractivity contribution >= 4 is 20.6 Å². The van der Waals surface area contributed by atoms with Crippen LogP contribution in [0.2, 0.25) is 0 Å². The van der Waals surface area contributed by atoms with E-state index >= 15 is 0 Å². The molecule has 2 aromatic carbocycles. The predicted molar refractivity (Wildman–Crippen MR) is 91.9 cm³/mol. The highest BCUT2D eigenvalue weighted by Gasteiger charge is 2.48. The van der Waals surface area contributed by atoms with E-state index in [2.05, 4.69) is 0 Å². The average Bonchev–Trinajstić information content (AvgIpc) is 2.85. The summed E-state index contributed by atoms with van der Waals surface area (Å²) >= 11 is 0. The molecule has 1 unspecified atom stereocenters. The van der Waals surface area contributed by atoms with Crippen LogP contribution in [0.1, 0.15) is 26.3 Å². The van der Waals surface area contributed by atoms with E-state index in [4.69, 9.17) is 0 Å². The molecule has 0 saturated carbocycles. The van der Waals surface area contributed by atoms with Crippen LogP contribution in [0.25, 0.3) is 20.5 Å². The lowest BCUT2D eigenvalue weighted by atomic mass is 9.87. The van der Waals surface area contributed by atoms with Gasteiger partial charge in [0.15, 0.2) is 9.58 Å². The van der Waals surface area contributed by atoms with E-state index in [1.54, 1.807) is 36.4 Å². The van der Waals surface area contributed by atoms with Gasteiger partial charge in [-0.05, 0) is 29.2 Å². The molecule has 1 atom stereocenters. The van der Waals surface area contributed by atoms with E-state index in [1.807, 2.05) is 39.0 Å². The zero-order valence-corrected chi connectivity index (χ0v) is 16.0. The second-order valence-electron chi connectivity index (χ2n) is 6.63. The van der Waals surface area contributed by atoms with Gasteiger partial charge in [0, 0.05) is 23.1 Å². The first-order chi connectivity index (χ1) is 10.7. The molecule has 3 aromatic rings. The quantitative estimate of drug-likeness (QED) is 0.527. The van der Waals surface area contributed by atoms with E-state index in [-0.39, 0.29) is 22.4 Å². The third kappa shape index (κ3) is 3.52. The molecule has 0 spiro atoms. The molecule has 1 aromatic heterocycles. The van der Waals surface area contributed by atoms with Gasteiger partial charge < -0.3 is 17.0 Å². The van der Waals surface area contributed by atoms with E-state index in [0.29, 0.717) is 20.5 Å². The molecule has 0 amide bonds. The lowest BCUT2D eigenvalue weighted by Gasteiger charge is -2.18. The number of halogens is 4. The summed E-state index contributed by atoms with van der Waals surface area (Å²) in [6.07, 6.45) is 0. The van der Waals surface area contributed by atoms with Crippen LogP contribution in [0.4, 0.5) is 13.2 Å². The van der Waals surface area contributed by atoms with Crippen LogP contribution >= 0.6 is 10.5 Å². The first-order valence-electron chi connectivity index (χ1n) is 7.41. The molecule has 0 saturated heterocycles. The van der Waals surface area contributed by atoms with Crippen LogP contribution in [0.15, 0.2) is 54.6 Å². The number of thiophene rings is 1. The van der Waals surface area contributed by atoms with Crippen LogP contribution in [0, 0.1) is 0 Å². The van der Waals surface area contributed by atoms with E-state index in [0.717, 1.165) is 5.56 Å². The van der Waals surface area contributed by atoms with Crippen molar-refractivity contribution in [2.45, 2.75) is 31.7 Å². The first-order valence-corrected chi connectivity index (χ1v) is 8.63. The Hall–Kier alpha value is -1.33. The highest BCUT2D eigenvalue weighted by Crippen LogP contribution is 2.54. The van der Waals surface area contributed by atoms with Gasteiger partial charge in [0.05, 0.1) is 0 Å². The molecule has 1 heterocycles. The number of rotatable bonds is 1. The third-order valence-corrected chi connectivity index (χ3v) is 5.95. The van der Waals surface area contributed by atoms with Gasteiger partial charge in [-0.2, -0.15) is 0 Å². The van der Waals surface area contributed by atoms with Crippen LogP contribution < -0.4 is 17.0 Å². The number of benzene rings is 2. The Morgan fingerprint density at radius 3 is 2.00 bits per heavy atom. The van der Waals surface area contributed by atoms with Crippen molar-refractivity contribution in [2.24, 2.45) is 0 Å². The molecule has 5 heteroatoms. The molecular formula is C19H18BrF3S. The molecule has 0 N–H and O–H groups in total. The molecule has 0 radical (unpaired) electrons. The monoisotopic (exact) mass is 414 g/mol. The molecule has 0 fully saturated rings. The van der Waals surface area contributed by atoms with Gasteiger partial charge in [-0.25, -0.2) is 0 Å². The molecular weight excluding hydrogens is 397 g/mol. The largest absolute Gasteiger partial charge is 1.00 e. The van der Waals surface area contributed by atoms with Gasteiger partial charge >= 0.3 is 5.51 Å². The maximum Gasteiger partial charge on any atom is 0.601 e. The summed E-state index contributed by atoms with van der Waals surface area (Å²) in [4.78, 5) is 0.360. The first kappa shape index (κ1) is 19.0. The summed E-state index contributed by atoms with van der Waals surface area (Å²) in [6, 6.07) is 16.0. The van der Waals surface area contributed by atoms with Gasteiger partial charge in [-0.15, -0.1) is 13.2 Å². The minimum absolute atomic E-state index is 0. The average molecular weight is 415 g/mol. The maximum atomic E-state index is 13.8. The fourth-order valence-electron chi connectivity index (χ4n) is 2.67. The van der Waals surface area contributed by atoms with Crippen LogP contribution in [0.3, 0.4) is 0 Å². The molecule has 128 valence electrons. The van der Waals surface area contributed by atoms with Crippen molar-refractivity contribution in [1.29, 1.82) is 0 Å². The second kappa shape index (κ2) is 6.52. The Morgan fingerprint density at radius 2 is 1.46 bits per heavy atom. The second-order valence-corrected chi connectivity index (χ2v) is 8.58. The van der Waals surface area contributed by atoms with E-state index in [1.165, 1.54) is 0 Å². The van der Waals surface area contributed by atoms with Crippen LogP contribution in [-0.4, -0.2) is 0 Å². The van der Waals surface area contributed by atoms with Gasteiger partial charge in [0.1, 0.15) is 10.5 Å². The summed E-state index contributed by atoms with van der Waals surface area (Å²) in [5.74, 6) is 0.